The second-order valence-electron chi connectivity index (χ2n) is 6.61. The predicted molar refractivity (Wildman–Crippen MR) is 119 cm³/mol. The van der Waals surface area contributed by atoms with Crippen LogP contribution in [-0.4, -0.2) is 45.6 Å². The Labute approximate surface area is 174 Å². The van der Waals surface area contributed by atoms with Gasteiger partial charge in [-0.3, -0.25) is 4.99 Å². The molecular formula is C19H32IN3OS. The van der Waals surface area contributed by atoms with Gasteiger partial charge in [0.1, 0.15) is 0 Å². The highest BCUT2D eigenvalue weighted by molar-refractivity contribution is 14.0. The van der Waals surface area contributed by atoms with Gasteiger partial charge in [0, 0.05) is 44.5 Å². The second-order valence-corrected chi connectivity index (χ2v) is 7.78. The number of nitrogens with one attached hydrogen (secondary N) is 2. The van der Waals surface area contributed by atoms with Gasteiger partial charge >= 0.3 is 0 Å². The van der Waals surface area contributed by atoms with E-state index < -0.39 is 0 Å². The molecule has 25 heavy (non-hydrogen) atoms. The molecule has 0 unspecified atom stereocenters. The molecule has 2 N–H and O–H groups in total. The summed E-state index contributed by atoms with van der Waals surface area (Å²) in [7, 11) is 3.62. The van der Waals surface area contributed by atoms with Crippen LogP contribution in [0.5, 0.6) is 0 Å². The highest BCUT2D eigenvalue weighted by Gasteiger charge is 2.36. The van der Waals surface area contributed by atoms with Gasteiger partial charge in [-0.05, 0) is 43.7 Å². The van der Waals surface area contributed by atoms with Crippen molar-refractivity contribution in [1.29, 1.82) is 0 Å². The molecule has 0 bridgehead atoms. The summed E-state index contributed by atoms with van der Waals surface area (Å²) in [6.45, 7) is 4.86. The number of thioether (sulfide) groups is 1. The number of methoxy groups -OCH3 is 1. The first-order valence-corrected chi connectivity index (χ1v) is 9.79. The van der Waals surface area contributed by atoms with Gasteiger partial charge in [0.15, 0.2) is 5.96 Å². The van der Waals surface area contributed by atoms with E-state index in [4.69, 9.17) is 4.74 Å². The Morgan fingerprint density at radius 3 is 2.52 bits per heavy atom. The third kappa shape index (κ3) is 7.74. The second kappa shape index (κ2) is 12.0. The zero-order valence-electron chi connectivity index (χ0n) is 15.6. The van der Waals surface area contributed by atoms with Crippen LogP contribution in [0.4, 0.5) is 0 Å². The highest BCUT2D eigenvalue weighted by Crippen LogP contribution is 2.43. The number of benzene rings is 1. The van der Waals surface area contributed by atoms with E-state index in [1.54, 1.807) is 7.11 Å². The van der Waals surface area contributed by atoms with Crippen LogP contribution in [0.2, 0.25) is 0 Å². The van der Waals surface area contributed by atoms with Crippen molar-refractivity contribution in [3.63, 3.8) is 0 Å². The summed E-state index contributed by atoms with van der Waals surface area (Å²) in [5.74, 6) is 1.93. The molecule has 1 aliphatic carbocycles. The highest BCUT2D eigenvalue weighted by atomic mass is 127. The SMILES string of the molecule is CN=C(NCCSc1ccc(C)cc1)NCC1(CCOC)CCC1.I. The normalized spacial score (nSPS) is 15.9. The van der Waals surface area contributed by atoms with Crippen molar-refractivity contribution in [2.24, 2.45) is 10.4 Å². The Hall–Kier alpha value is -0.470. The number of aliphatic imine (C=N–C) groups is 1. The number of ether oxygens (including phenoxy) is 1. The molecule has 6 heteroatoms. The molecule has 1 saturated carbocycles. The van der Waals surface area contributed by atoms with Gasteiger partial charge in [0.05, 0.1) is 0 Å². The zero-order chi connectivity index (χ0) is 17.3. The van der Waals surface area contributed by atoms with E-state index in [-0.39, 0.29) is 24.0 Å². The van der Waals surface area contributed by atoms with Gasteiger partial charge in [0.25, 0.3) is 0 Å². The minimum absolute atomic E-state index is 0. The van der Waals surface area contributed by atoms with Crippen LogP contribution in [0, 0.1) is 12.3 Å². The van der Waals surface area contributed by atoms with Crippen molar-refractivity contribution in [2.45, 2.75) is 37.5 Å². The van der Waals surface area contributed by atoms with Crippen molar-refractivity contribution >= 4 is 41.7 Å². The van der Waals surface area contributed by atoms with E-state index in [1.165, 1.54) is 29.7 Å². The number of rotatable bonds is 9. The first-order chi connectivity index (χ1) is 11.7. The van der Waals surface area contributed by atoms with E-state index in [0.717, 1.165) is 37.8 Å². The Kier molecular flexibility index (Phi) is 10.8. The molecule has 1 aliphatic rings. The molecule has 0 radical (unpaired) electrons. The fourth-order valence-corrected chi connectivity index (χ4v) is 3.74. The van der Waals surface area contributed by atoms with Crippen LogP contribution in [0.3, 0.4) is 0 Å². The van der Waals surface area contributed by atoms with Gasteiger partial charge in [-0.15, -0.1) is 35.7 Å². The molecule has 1 aromatic carbocycles. The summed E-state index contributed by atoms with van der Waals surface area (Å²) in [4.78, 5) is 5.66. The van der Waals surface area contributed by atoms with Crippen molar-refractivity contribution in [3.8, 4) is 0 Å². The molecule has 4 nitrogen and oxygen atoms in total. The van der Waals surface area contributed by atoms with Gasteiger partial charge in [0.2, 0.25) is 0 Å². The summed E-state index contributed by atoms with van der Waals surface area (Å²) in [5, 5.41) is 6.92. The monoisotopic (exact) mass is 477 g/mol. The molecule has 0 amide bonds. The number of halogens is 1. The summed E-state index contributed by atoms with van der Waals surface area (Å²) in [6, 6.07) is 8.69. The minimum Gasteiger partial charge on any atom is -0.385 e. The topological polar surface area (TPSA) is 45.7 Å². The number of hydrogen-bond donors (Lipinski definition) is 2. The summed E-state index contributed by atoms with van der Waals surface area (Å²) in [5.41, 5.74) is 1.71. The Morgan fingerprint density at radius 1 is 1.24 bits per heavy atom. The molecule has 2 rings (SSSR count). The van der Waals surface area contributed by atoms with Crippen LogP contribution in [0.25, 0.3) is 0 Å². The van der Waals surface area contributed by atoms with Crippen molar-refractivity contribution in [1.82, 2.24) is 10.6 Å². The minimum atomic E-state index is 0. The van der Waals surface area contributed by atoms with Crippen LogP contribution < -0.4 is 10.6 Å². The average Bonchev–Trinajstić information content (AvgIpc) is 2.57. The lowest BCUT2D eigenvalue weighted by Gasteiger charge is -2.42. The molecule has 1 aromatic rings. The Balaban J connectivity index is 0.00000312. The van der Waals surface area contributed by atoms with Crippen LogP contribution in [-0.2, 0) is 4.74 Å². The molecule has 0 heterocycles. The summed E-state index contributed by atoms with van der Waals surface area (Å²) >= 11 is 1.87. The largest absolute Gasteiger partial charge is 0.385 e. The van der Waals surface area contributed by atoms with Gasteiger partial charge in [-0.2, -0.15) is 0 Å². The van der Waals surface area contributed by atoms with Crippen LogP contribution in [0.15, 0.2) is 34.2 Å². The fourth-order valence-electron chi connectivity index (χ4n) is 2.98. The molecule has 0 saturated heterocycles. The molecule has 0 aromatic heterocycles. The molecule has 1 fully saturated rings. The standard InChI is InChI=1S/C19H31N3OS.HI/c1-16-5-7-17(8-6-16)24-14-12-21-18(20-2)22-15-19(9-4-10-19)11-13-23-3;/h5-8H,4,9-15H2,1-3H3,(H2,20,21,22);1H. The smallest absolute Gasteiger partial charge is 0.191 e. The van der Waals surface area contributed by atoms with Crippen molar-refractivity contribution in [3.05, 3.63) is 29.8 Å². The van der Waals surface area contributed by atoms with E-state index in [9.17, 15) is 0 Å². The van der Waals surface area contributed by atoms with Crippen LogP contribution >= 0.6 is 35.7 Å². The summed E-state index contributed by atoms with van der Waals surface area (Å²) in [6.07, 6.45) is 5.06. The van der Waals surface area contributed by atoms with Crippen molar-refractivity contribution < 1.29 is 4.74 Å². The quantitative estimate of drug-likeness (QED) is 0.185. The third-order valence-corrected chi connectivity index (χ3v) is 5.80. The predicted octanol–water partition coefficient (Wildman–Crippen LogP) is 4.08. The van der Waals surface area contributed by atoms with E-state index >= 15 is 0 Å². The fraction of sp³-hybridized carbons (Fsp3) is 0.632. The summed E-state index contributed by atoms with van der Waals surface area (Å²) < 4.78 is 5.26. The maximum Gasteiger partial charge on any atom is 0.191 e. The maximum atomic E-state index is 5.26. The number of hydrogen-bond acceptors (Lipinski definition) is 3. The first kappa shape index (κ1) is 22.6. The van der Waals surface area contributed by atoms with E-state index in [1.807, 2.05) is 18.8 Å². The van der Waals surface area contributed by atoms with E-state index in [2.05, 4.69) is 46.8 Å². The molecular weight excluding hydrogens is 445 g/mol. The third-order valence-electron chi connectivity index (χ3n) is 4.79. The van der Waals surface area contributed by atoms with E-state index in [0.29, 0.717) is 5.41 Å². The lowest BCUT2D eigenvalue weighted by atomic mass is 9.67. The average molecular weight is 477 g/mol. The zero-order valence-corrected chi connectivity index (χ0v) is 18.8. The van der Waals surface area contributed by atoms with Gasteiger partial charge < -0.3 is 15.4 Å². The van der Waals surface area contributed by atoms with Gasteiger partial charge in [-0.1, -0.05) is 24.1 Å². The molecule has 142 valence electrons. The van der Waals surface area contributed by atoms with Crippen molar-refractivity contribution in [2.75, 3.05) is 39.6 Å². The van der Waals surface area contributed by atoms with Crippen LogP contribution in [0.1, 0.15) is 31.2 Å². The number of aryl methyl sites for hydroxylation is 1. The Morgan fingerprint density at radius 2 is 1.96 bits per heavy atom. The molecule has 0 atom stereocenters. The number of guanidine groups is 1. The van der Waals surface area contributed by atoms with Gasteiger partial charge in [-0.25, -0.2) is 0 Å². The Bertz CT molecular complexity index is 518. The molecule has 0 aliphatic heterocycles. The first-order valence-electron chi connectivity index (χ1n) is 8.80. The lowest BCUT2D eigenvalue weighted by molar-refractivity contribution is 0.0733. The molecule has 0 spiro atoms. The maximum absolute atomic E-state index is 5.26. The lowest BCUT2D eigenvalue weighted by Crippen LogP contribution is -2.47. The number of nitrogens with zero attached hydrogens (tertiary/aromatic N) is 1.